The molecule has 35 heavy (non-hydrogen) atoms. The Bertz CT molecular complexity index is 1840. The Balaban J connectivity index is 1.48. The molecule has 4 heteroatoms. The molecular weight excluding hydrogens is 446 g/mol. The predicted octanol–water partition coefficient (Wildman–Crippen LogP) is 8.39. The maximum atomic E-state index is 5.08. The number of rotatable bonds is 3. The lowest BCUT2D eigenvalue weighted by molar-refractivity contribution is 1.29. The highest BCUT2D eigenvalue weighted by Crippen LogP contribution is 2.37. The van der Waals surface area contributed by atoms with Crippen LogP contribution in [0, 0.1) is 0 Å². The summed E-state index contributed by atoms with van der Waals surface area (Å²) in [7, 11) is 0. The summed E-state index contributed by atoms with van der Waals surface area (Å²) in [5, 5.41) is 3.34. The summed E-state index contributed by atoms with van der Waals surface area (Å²) in [6, 6.07) is 39.6. The van der Waals surface area contributed by atoms with Gasteiger partial charge in [0.05, 0.1) is 32.6 Å². The number of benzene rings is 5. The largest absolute Gasteiger partial charge is 0.244 e. The Hall–Kier alpha value is -4.41. The van der Waals surface area contributed by atoms with E-state index in [9.17, 15) is 0 Å². The fourth-order valence-corrected chi connectivity index (χ4v) is 5.55. The molecule has 0 N–H and O–H groups in total. The topological polar surface area (TPSA) is 38.7 Å². The summed E-state index contributed by atoms with van der Waals surface area (Å²) in [6.45, 7) is 0. The van der Waals surface area contributed by atoms with Gasteiger partial charge in [-0.15, -0.1) is 11.3 Å². The molecule has 0 aliphatic rings. The zero-order valence-electron chi connectivity index (χ0n) is 18.7. The van der Waals surface area contributed by atoms with Crippen molar-refractivity contribution in [2.75, 3.05) is 0 Å². The van der Waals surface area contributed by atoms with E-state index in [0.29, 0.717) is 0 Å². The zero-order valence-corrected chi connectivity index (χ0v) is 19.5. The third kappa shape index (κ3) is 3.47. The Labute approximate surface area is 206 Å². The maximum Gasteiger partial charge on any atom is 0.124 e. The summed E-state index contributed by atoms with van der Waals surface area (Å²) in [5.74, 6) is 0. The van der Waals surface area contributed by atoms with Crippen molar-refractivity contribution in [1.29, 1.82) is 0 Å². The average molecular weight is 466 g/mol. The number of nitrogens with zero attached hydrogens (tertiary/aromatic N) is 3. The molecule has 2 heterocycles. The minimum atomic E-state index is 0.882. The average Bonchev–Trinajstić information content (AvgIpc) is 3.38. The van der Waals surface area contributed by atoms with Gasteiger partial charge in [0.25, 0.3) is 0 Å². The van der Waals surface area contributed by atoms with Crippen LogP contribution in [0.5, 0.6) is 0 Å². The van der Waals surface area contributed by atoms with E-state index in [1.54, 1.807) is 11.3 Å². The normalized spacial score (nSPS) is 11.4. The van der Waals surface area contributed by atoms with Gasteiger partial charge < -0.3 is 0 Å². The highest BCUT2D eigenvalue weighted by atomic mass is 32.1. The smallest absolute Gasteiger partial charge is 0.124 e. The van der Waals surface area contributed by atoms with Crippen molar-refractivity contribution in [2.24, 2.45) is 0 Å². The van der Waals surface area contributed by atoms with Crippen LogP contribution in [-0.2, 0) is 0 Å². The Morgan fingerprint density at radius 1 is 0.486 bits per heavy atom. The van der Waals surface area contributed by atoms with E-state index in [1.807, 2.05) is 48.5 Å². The third-order valence-electron chi connectivity index (χ3n) is 6.29. The van der Waals surface area contributed by atoms with Gasteiger partial charge >= 0.3 is 0 Å². The highest BCUT2D eigenvalue weighted by Gasteiger charge is 2.15. The molecule has 0 aliphatic carbocycles. The quantitative estimate of drug-likeness (QED) is 0.263. The number of para-hydroxylation sites is 2. The van der Waals surface area contributed by atoms with Crippen molar-refractivity contribution in [1.82, 2.24) is 15.0 Å². The van der Waals surface area contributed by atoms with Gasteiger partial charge in [-0.2, -0.15) is 0 Å². The van der Waals surface area contributed by atoms with Crippen LogP contribution in [0.25, 0.3) is 65.1 Å². The lowest BCUT2D eigenvalue weighted by Gasteiger charge is -2.11. The first-order valence-corrected chi connectivity index (χ1v) is 12.4. The second-order valence-corrected chi connectivity index (χ2v) is 9.54. The van der Waals surface area contributed by atoms with Crippen LogP contribution in [0.15, 0.2) is 115 Å². The molecule has 0 aliphatic heterocycles. The molecule has 0 radical (unpaired) electrons. The van der Waals surface area contributed by atoms with E-state index >= 15 is 0 Å². The summed E-state index contributed by atoms with van der Waals surface area (Å²) >= 11 is 1.73. The van der Waals surface area contributed by atoms with Crippen LogP contribution in [0.2, 0.25) is 0 Å². The Kier molecular flexibility index (Phi) is 4.64. The minimum absolute atomic E-state index is 0.882. The highest BCUT2D eigenvalue weighted by molar-refractivity contribution is 7.21. The number of aromatic nitrogens is 3. The van der Waals surface area contributed by atoms with Gasteiger partial charge in [-0.25, -0.2) is 15.0 Å². The predicted molar refractivity (Wildman–Crippen MR) is 147 cm³/mol. The van der Waals surface area contributed by atoms with Gasteiger partial charge in [-0.1, -0.05) is 91.0 Å². The molecule has 0 saturated heterocycles. The van der Waals surface area contributed by atoms with Crippen molar-refractivity contribution < 1.29 is 0 Å². The van der Waals surface area contributed by atoms with Crippen LogP contribution in [0.1, 0.15) is 0 Å². The SMILES string of the molecule is c1ccc(-c2nc3c(ccc4ccc(-c5nc6ccccc6nc5-c5ccccc5)cc43)s2)cc1. The first kappa shape index (κ1) is 20.0. The first-order valence-electron chi connectivity index (χ1n) is 11.5. The minimum Gasteiger partial charge on any atom is -0.244 e. The molecule has 164 valence electrons. The van der Waals surface area contributed by atoms with Crippen LogP contribution < -0.4 is 0 Å². The molecule has 5 aromatic carbocycles. The summed E-state index contributed by atoms with van der Waals surface area (Å²) in [5.41, 5.74) is 7.82. The number of hydrogen-bond donors (Lipinski definition) is 0. The van der Waals surface area contributed by atoms with Crippen LogP contribution in [0.4, 0.5) is 0 Å². The standard InChI is InChI=1S/C31H19N3S/c1-3-9-21(10-4-1)28-29(33-26-14-8-7-13-25(26)32-28)23-16-15-20-17-18-27-30(24(20)19-23)34-31(35-27)22-11-5-2-6-12-22/h1-19H. The van der Waals surface area contributed by atoms with Gasteiger partial charge in [0.2, 0.25) is 0 Å². The molecule has 7 rings (SSSR count). The Morgan fingerprint density at radius 3 is 1.80 bits per heavy atom. The van der Waals surface area contributed by atoms with Crippen molar-refractivity contribution in [3.63, 3.8) is 0 Å². The summed E-state index contributed by atoms with van der Waals surface area (Å²) in [6.07, 6.45) is 0. The second kappa shape index (κ2) is 8.12. The molecule has 0 unspecified atom stereocenters. The van der Waals surface area contributed by atoms with Crippen LogP contribution >= 0.6 is 11.3 Å². The fraction of sp³-hybridized carbons (Fsp3) is 0. The molecule has 0 saturated carbocycles. The van der Waals surface area contributed by atoms with E-state index in [0.717, 1.165) is 55.0 Å². The molecule has 2 aromatic heterocycles. The van der Waals surface area contributed by atoms with E-state index in [-0.39, 0.29) is 0 Å². The monoisotopic (exact) mass is 465 g/mol. The molecular formula is C31H19N3S. The van der Waals surface area contributed by atoms with Gasteiger partial charge in [-0.05, 0) is 29.7 Å². The van der Waals surface area contributed by atoms with E-state index < -0.39 is 0 Å². The lowest BCUT2D eigenvalue weighted by atomic mass is 10.00. The number of hydrogen-bond acceptors (Lipinski definition) is 4. The van der Waals surface area contributed by atoms with E-state index in [1.165, 1.54) is 10.1 Å². The molecule has 0 amide bonds. The van der Waals surface area contributed by atoms with Gasteiger partial charge in [-0.3, -0.25) is 0 Å². The van der Waals surface area contributed by atoms with Gasteiger partial charge in [0.1, 0.15) is 5.01 Å². The van der Waals surface area contributed by atoms with Crippen molar-refractivity contribution >= 4 is 43.4 Å². The molecule has 7 aromatic rings. The van der Waals surface area contributed by atoms with Gasteiger partial charge in [0.15, 0.2) is 0 Å². The third-order valence-corrected chi connectivity index (χ3v) is 7.36. The second-order valence-electron chi connectivity index (χ2n) is 8.51. The Morgan fingerprint density at radius 2 is 1.09 bits per heavy atom. The lowest BCUT2D eigenvalue weighted by Crippen LogP contribution is -1.95. The fourth-order valence-electron chi connectivity index (χ4n) is 4.56. The molecule has 3 nitrogen and oxygen atoms in total. The zero-order chi connectivity index (χ0) is 23.2. The van der Waals surface area contributed by atoms with Crippen LogP contribution in [0.3, 0.4) is 0 Å². The van der Waals surface area contributed by atoms with Crippen LogP contribution in [-0.4, -0.2) is 15.0 Å². The molecule has 0 bridgehead atoms. The van der Waals surface area contributed by atoms with Crippen molar-refractivity contribution in [3.05, 3.63) is 115 Å². The molecule has 0 atom stereocenters. The maximum absolute atomic E-state index is 5.08. The van der Waals surface area contributed by atoms with E-state index in [2.05, 4.69) is 66.7 Å². The summed E-state index contributed by atoms with van der Waals surface area (Å²) < 4.78 is 1.18. The number of fused-ring (bicyclic) bond motifs is 4. The molecule has 0 spiro atoms. The van der Waals surface area contributed by atoms with Crippen molar-refractivity contribution in [2.45, 2.75) is 0 Å². The molecule has 0 fully saturated rings. The van der Waals surface area contributed by atoms with Crippen molar-refractivity contribution in [3.8, 4) is 33.1 Å². The van der Waals surface area contributed by atoms with E-state index in [4.69, 9.17) is 15.0 Å². The van der Waals surface area contributed by atoms with Gasteiger partial charge in [0, 0.05) is 22.1 Å². The first-order chi connectivity index (χ1) is 17.3. The summed E-state index contributed by atoms with van der Waals surface area (Å²) in [4.78, 5) is 15.2. The number of thiazole rings is 1.